The minimum Gasteiger partial charge on any atom is -0.347 e. The Labute approximate surface area is 156 Å². The topological polar surface area (TPSA) is 75.3 Å². The normalized spacial score (nSPS) is 11.1. The largest absolute Gasteiger partial charge is 0.347 e. The van der Waals surface area contributed by atoms with Crippen LogP contribution in [0, 0.1) is 6.92 Å². The van der Waals surface area contributed by atoms with Gasteiger partial charge in [0.25, 0.3) is 15.9 Å². The Kier molecular flexibility index (Phi) is 5.39. The van der Waals surface area contributed by atoms with E-state index in [-0.39, 0.29) is 10.8 Å². The van der Waals surface area contributed by atoms with E-state index in [1.165, 1.54) is 18.2 Å². The van der Waals surface area contributed by atoms with E-state index in [0.29, 0.717) is 17.8 Å². The third-order valence-electron chi connectivity index (χ3n) is 3.81. The number of nitrogens with one attached hydrogen (secondary N) is 2. The summed E-state index contributed by atoms with van der Waals surface area (Å²) in [5.41, 5.74) is 1.88. The fourth-order valence-corrected chi connectivity index (χ4v) is 4.30. The number of amides is 1. The van der Waals surface area contributed by atoms with Crippen molar-refractivity contribution < 1.29 is 13.2 Å². The second-order valence-electron chi connectivity index (χ2n) is 5.71. The molecule has 0 saturated carbocycles. The van der Waals surface area contributed by atoms with Crippen LogP contribution in [0.15, 0.2) is 70.9 Å². The summed E-state index contributed by atoms with van der Waals surface area (Å²) in [5, 5.41) is 4.84. The number of thiophene rings is 1. The first-order valence-electron chi connectivity index (χ1n) is 7.95. The molecule has 7 heteroatoms. The summed E-state index contributed by atoms with van der Waals surface area (Å²) in [6, 6.07) is 16.5. The second kappa shape index (κ2) is 7.72. The van der Waals surface area contributed by atoms with Crippen LogP contribution in [0.4, 0.5) is 5.69 Å². The number of anilines is 1. The van der Waals surface area contributed by atoms with E-state index in [1.54, 1.807) is 47.7 Å². The zero-order valence-corrected chi connectivity index (χ0v) is 15.7. The van der Waals surface area contributed by atoms with Crippen LogP contribution in [0.3, 0.4) is 0 Å². The van der Waals surface area contributed by atoms with Gasteiger partial charge >= 0.3 is 0 Å². The van der Waals surface area contributed by atoms with Crippen molar-refractivity contribution in [2.24, 2.45) is 0 Å². The van der Waals surface area contributed by atoms with Crippen LogP contribution in [0.2, 0.25) is 0 Å². The maximum Gasteiger partial charge on any atom is 0.261 e. The molecular formula is C19H18N2O3S2. The molecular weight excluding hydrogens is 368 g/mol. The quantitative estimate of drug-likeness (QED) is 0.677. The summed E-state index contributed by atoms with van der Waals surface area (Å²) in [5.74, 6) is -0.251. The van der Waals surface area contributed by atoms with Gasteiger partial charge in [0.1, 0.15) is 0 Å². The van der Waals surface area contributed by atoms with Gasteiger partial charge in [0.05, 0.1) is 11.4 Å². The van der Waals surface area contributed by atoms with Crippen molar-refractivity contribution in [3.8, 4) is 0 Å². The predicted molar refractivity (Wildman–Crippen MR) is 104 cm³/mol. The molecule has 0 aliphatic heterocycles. The van der Waals surface area contributed by atoms with Crippen LogP contribution in [0.25, 0.3) is 0 Å². The Bertz CT molecular complexity index is 1010. The van der Waals surface area contributed by atoms with Crippen LogP contribution in [-0.2, 0) is 16.6 Å². The molecule has 1 amide bonds. The Hall–Kier alpha value is -2.64. The van der Waals surface area contributed by atoms with Gasteiger partial charge in [-0.25, -0.2) is 8.42 Å². The average molecular weight is 386 g/mol. The highest BCUT2D eigenvalue weighted by atomic mass is 32.2. The van der Waals surface area contributed by atoms with E-state index < -0.39 is 10.0 Å². The number of rotatable bonds is 6. The van der Waals surface area contributed by atoms with Gasteiger partial charge in [-0.15, -0.1) is 11.3 Å². The molecule has 134 valence electrons. The number of carbonyl (C=O) groups is 1. The van der Waals surface area contributed by atoms with Gasteiger partial charge in [-0.3, -0.25) is 9.52 Å². The number of carbonyl (C=O) groups excluding carboxylic acids is 1. The summed E-state index contributed by atoms with van der Waals surface area (Å²) >= 11 is 1.59. The Morgan fingerprint density at radius 3 is 2.50 bits per heavy atom. The SMILES string of the molecule is Cc1ccsc1CNC(=O)c1cccc(NS(=O)(=O)c2ccccc2)c1. The van der Waals surface area contributed by atoms with E-state index in [9.17, 15) is 13.2 Å². The highest BCUT2D eigenvalue weighted by Gasteiger charge is 2.14. The van der Waals surface area contributed by atoms with E-state index in [0.717, 1.165) is 10.4 Å². The maximum absolute atomic E-state index is 12.4. The van der Waals surface area contributed by atoms with E-state index in [2.05, 4.69) is 10.0 Å². The number of sulfonamides is 1. The van der Waals surface area contributed by atoms with Crippen LogP contribution in [-0.4, -0.2) is 14.3 Å². The monoisotopic (exact) mass is 386 g/mol. The van der Waals surface area contributed by atoms with Gasteiger partial charge in [0.2, 0.25) is 0 Å². The molecule has 0 unspecified atom stereocenters. The third-order valence-corrected chi connectivity index (χ3v) is 6.23. The first-order valence-corrected chi connectivity index (χ1v) is 10.3. The predicted octanol–water partition coefficient (Wildman–Crippen LogP) is 3.79. The van der Waals surface area contributed by atoms with Gasteiger partial charge in [-0.2, -0.15) is 0 Å². The molecule has 2 aromatic carbocycles. The van der Waals surface area contributed by atoms with Gasteiger partial charge in [0.15, 0.2) is 0 Å². The molecule has 1 aromatic heterocycles. The average Bonchev–Trinajstić information content (AvgIpc) is 3.05. The Morgan fingerprint density at radius 1 is 1.04 bits per heavy atom. The fraction of sp³-hybridized carbons (Fsp3) is 0.105. The number of aryl methyl sites for hydroxylation is 1. The molecule has 3 rings (SSSR count). The fourth-order valence-electron chi connectivity index (χ4n) is 2.39. The summed E-state index contributed by atoms with van der Waals surface area (Å²) in [6.07, 6.45) is 0. The third kappa shape index (κ3) is 4.30. The minimum atomic E-state index is -3.69. The molecule has 26 heavy (non-hydrogen) atoms. The second-order valence-corrected chi connectivity index (χ2v) is 8.39. The highest BCUT2D eigenvalue weighted by Crippen LogP contribution is 2.18. The first-order chi connectivity index (χ1) is 12.5. The molecule has 0 fully saturated rings. The molecule has 5 nitrogen and oxygen atoms in total. The zero-order chi connectivity index (χ0) is 18.6. The first kappa shape index (κ1) is 18.2. The van der Waals surface area contributed by atoms with Gasteiger partial charge in [-0.1, -0.05) is 24.3 Å². The van der Waals surface area contributed by atoms with Crippen molar-refractivity contribution in [2.75, 3.05) is 4.72 Å². The van der Waals surface area contributed by atoms with Crippen molar-refractivity contribution in [3.63, 3.8) is 0 Å². The summed E-state index contributed by atoms with van der Waals surface area (Å²) < 4.78 is 27.3. The molecule has 0 aliphatic carbocycles. The van der Waals surface area contributed by atoms with Crippen molar-refractivity contribution >= 4 is 33.0 Å². The minimum absolute atomic E-state index is 0.169. The van der Waals surface area contributed by atoms with Crippen LogP contribution in [0.1, 0.15) is 20.8 Å². The molecule has 1 heterocycles. The Morgan fingerprint density at radius 2 is 1.81 bits per heavy atom. The lowest BCUT2D eigenvalue weighted by atomic mass is 10.2. The number of hydrogen-bond acceptors (Lipinski definition) is 4. The molecule has 0 spiro atoms. The van der Waals surface area contributed by atoms with Gasteiger partial charge in [-0.05, 0) is 54.3 Å². The van der Waals surface area contributed by atoms with Crippen LogP contribution < -0.4 is 10.0 Å². The Balaban J connectivity index is 1.72. The molecule has 0 saturated heterocycles. The number of hydrogen-bond donors (Lipinski definition) is 2. The summed E-state index contributed by atoms with van der Waals surface area (Å²) in [7, 11) is -3.69. The van der Waals surface area contributed by atoms with Crippen LogP contribution in [0.5, 0.6) is 0 Å². The smallest absolute Gasteiger partial charge is 0.261 e. The lowest BCUT2D eigenvalue weighted by Crippen LogP contribution is -2.23. The van der Waals surface area contributed by atoms with Gasteiger partial charge in [0, 0.05) is 16.1 Å². The lowest BCUT2D eigenvalue weighted by Gasteiger charge is -2.10. The molecule has 3 aromatic rings. The van der Waals surface area contributed by atoms with Crippen LogP contribution >= 0.6 is 11.3 Å². The zero-order valence-electron chi connectivity index (χ0n) is 14.1. The summed E-state index contributed by atoms with van der Waals surface area (Å²) in [6.45, 7) is 2.44. The molecule has 0 radical (unpaired) electrons. The van der Waals surface area contributed by atoms with Crippen molar-refractivity contribution in [2.45, 2.75) is 18.4 Å². The lowest BCUT2D eigenvalue weighted by molar-refractivity contribution is 0.0951. The van der Waals surface area contributed by atoms with E-state index in [1.807, 2.05) is 18.4 Å². The van der Waals surface area contributed by atoms with Crippen molar-refractivity contribution in [1.82, 2.24) is 5.32 Å². The maximum atomic E-state index is 12.4. The van der Waals surface area contributed by atoms with Crippen molar-refractivity contribution in [3.05, 3.63) is 82.0 Å². The standard InChI is InChI=1S/C19H18N2O3S2/c1-14-10-11-25-18(14)13-20-19(22)15-6-5-7-16(12-15)21-26(23,24)17-8-3-2-4-9-17/h2-12,21H,13H2,1H3,(H,20,22). The van der Waals surface area contributed by atoms with E-state index in [4.69, 9.17) is 0 Å². The molecule has 0 atom stereocenters. The molecule has 0 aliphatic rings. The van der Waals surface area contributed by atoms with Crippen molar-refractivity contribution in [1.29, 1.82) is 0 Å². The molecule has 0 bridgehead atoms. The van der Waals surface area contributed by atoms with E-state index >= 15 is 0 Å². The summed E-state index contributed by atoms with van der Waals surface area (Å²) in [4.78, 5) is 13.6. The number of benzene rings is 2. The van der Waals surface area contributed by atoms with Gasteiger partial charge < -0.3 is 5.32 Å². The molecule has 2 N–H and O–H groups in total. The highest BCUT2D eigenvalue weighted by molar-refractivity contribution is 7.92.